The first-order valence-electron chi connectivity index (χ1n) is 5.11. The Morgan fingerprint density at radius 2 is 1.94 bits per heavy atom. The van der Waals surface area contributed by atoms with Crippen LogP contribution in [0, 0.1) is 0 Å². The van der Waals surface area contributed by atoms with E-state index < -0.39 is 0 Å². The van der Waals surface area contributed by atoms with E-state index in [1.807, 2.05) is 0 Å². The molecule has 0 spiro atoms. The molecule has 0 aliphatic rings. The van der Waals surface area contributed by atoms with Gasteiger partial charge in [0.2, 0.25) is 0 Å². The fraction of sp³-hybridized carbons (Fsp3) is 0.0769. The largest absolute Gasteiger partial charge is 0.504 e. The number of nitrogens with two attached hydrogens (primary N) is 1. The first-order valence-corrected chi connectivity index (χ1v) is 5.49. The summed E-state index contributed by atoms with van der Waals surface area (Å²) in [6, 6.07) is 12.0. The number of halogens is 1. The summed E-state index contributed by atoms with van der Waals surface area (Å²) in [6.07, 6.45) is 0. The van der Waals surface area contributed by atoms with Crippen molar-refractivity contribution in [3.05, 3.63) is 53.1 Å². The number of para-hydroxylation sites is 2. The lowest BCUT2D eigenvalue weighted by Gasteiger charge is -2.09. The van der Waals surface area contributed by atoms with Gasteiger partial charge in [-0.3, -0.25) is 0 Å². The van der Waals surface area contributed by atoms with Gasteiger partial charge in [0.15, 0.2) is 11.5 Å². The molecule has 0 aliphatic carbocycles. The van der Waals surface area contributed by atoms with Gasteiger partial charge in [-0.15, -0.1) is 0 Å². The van der Waals surface area contributed by atoms with Gasteiger partial charge in [-0.2, -0.15) is 0 Å². The lowest BCUT2D eigenvalue weighted by Crippen LogP contribution is -1.97. The topological polar surface area (TPSA) is 55.5 Å². The number of aromatic hydroxyl groups is 1. The van der Waals surface area contributed by atoms with E-state index in [0.717, 1.165) is 5.56 Å². The Bertz CT molecular complexity index is 529. The zero-order valence-corrected chi connectivity index (χ0v) is 9.82. The molecule has 0 aliphatic heterocycles. The van der Waals surface area contributed by atoms with E-state index in [4.69, 9.17) is 22.1 Å². The molecule has 3 N–H and O–H groups in total. The molecule has 0 saturated heterocycles. The van der Waals surface area contributed by atoms with Crippen molar-refractivity contribution in [1.29, 1.82) is 0 Å². The van der Waals surface area contributed by atoms with Crippen LogP contribution >= 0.6 is 11.6 Å². The number of ether oxygens (including phenoxy) is 1. The quantitative estimate of drug-likeness (QED) is 0.822. The Labute approximate surface area is 104 Å². The van der Waals surface area contributed by atoms with Gasteiger partial charge in [-0.05, 0) is 24.3 Å². The molecule has 2 rings (SSSR count). The smallest absolute Gasteiger partial charge is 0.161 e. The molecule has 88 valence electrons. The fourth-order valence-electron chi connectivity index (χ4n) is 1.42. The van der Waals surface area contributed by atoms with Crippen molar-refractivity contribution >= 4 is 17.3 Å². The van der Waals surface area contributed by atoms with E-state index >= 15 is 0 Å². The van der Waals surface area contributed by atoms with Crippen LogP contribution in [0.4, 0.5) is 5.69 Å². The maximum absolute atomic E-state index is 9.52. The summed E-state index contributed by atoms with van der Waals surface area (Å²) in [6.45, 7) is 0.288. The van der Waals surface area contributed by atoms with Crippen LogP contribution in [0.25, 0.3) is 0 Å². The molecular formula is C13H12ClNO2. The molecule has 4 heteroatoms. The van der Waals surface area contributed by atoms with Crippen molar-refractivity contribution in [3.8, 4) is 11.5 Å². The Kier molecular flexibility index (Phi) is 3.40. The van der Waals surface area contributed by atoms with Gasteiger partial charge in [0.25, 0.3) is 0 Å². The van der Waals surface area contributed by atoms with Crippen molar-refractivity contribution in [2.75, 3.05) is 5.73 Å². The average molecular weight is 250 g/mol. The number of anilines is 1. The molecule has 0 radical (unpaired) electrons. The summed E-state index contributed by atoms with van der Waals surface area (Å²) in [4.78, 5) is 0. The number of hydrogen-bond acceptors (Lipinski definition) is 3. The van der Waals surface area contributed by atoms with Crippen LogP contribution in [0.15, 0.2) is 42.5 Å². The van der Waals surface area contributed by atoms with Crippen LogP contribution in [-0.4, -0.2) is 5.11 Å². The van der Waals surface area contributed by atoms with Crippen molar-refractivity contribution < 1.29 is 9.84 Å². The predicted molar refractivity (Wildman–Crippen MR) is 68.3 cm³/mol. The first-order chi connectivity index (χ1) is 8.16. The van der Waals surface area contributed by atoms with Crippen molar-refractivity contribution in [2.24, 2.45) is 0 Å². The van der Waals surface area contributed by atoms with E-state index in [1.54, 1.807) is 42.5 Å². The molecule has 0 heterocycles. The second-order valence-corrected chi connectivity index (χ2v) is 4.01. The maximum Gasteiger partial charge on any atom is 0.161 e. The second-order valence-electron chi connectivity index (χ2n) is 3.61. The summed E-state index contributed by atoms with van der Waals surface area (Å²) < 4.78 is 5.47. The van der Waals surface area contributed by atoms with Crippen LogP contribution in [0.5, 0.6) is 11.5 Å². The zero-order chi connectivity index (χ0) is 12.3. The third kappa shape index (κ3) is 2.82. The molecule has 0 unspecified atom stereocenters. The standard InChI is InChI=1S/C13H12ClNO2/c14-11-7-10(15)6-5-9(11)8-17-13-4-2-1-3-12(13)16/h1-7,16H,8,15H2. The van der Waals surface area contributed by atoms with Crippen molar-refractivity contribution in [2.45, 2.75) is 6.61 Å². The summed E-state index contributed by atoms with van der Waals surface area (Å²) in [5.41, 5.74) is 7.03. The van der Waals surface area contributed by atoms with Gasteiger partial charge in [-0.25, -0.2) is 0 Å². The molecule has 0 amide bonds. The number of hydrogen-bond donors (Lipinski definition) is 2. The van der Waals surface area contributed by atoms with E-state index in [1.165, 1.54) is 0 Å². The summed E-state index contributed by atoms with van der Waals surface area (Å²) in [5, 5.41) is 10.1. The molecule has 0 atom stereocenters. The fourth-order valence-corrected chi connectivity index (χ4v) is 1.66. The van der Waals surface area contributed by atoms with Gasteiger partial charge in [0.1, 0.15) is 6.61 Å². The highest BCUT2D eigenvalue weighted by Gasteiger charge is 2.04. The van der Waals surface area contributed by atoms with Crippen molar-refractivity contribution in [1.82, 2.24) is 0 Å². The van der Waals surface area contributed by atoms with E-state index in [2.05, 4.69) is 0 Å². The monoisotopic (exact) mass is 249 g/mol. The number of phenols is 1. The second kappa shape index (κ2) is 4.97. The van der Waals surface area contributed by atoms with Crippen LogP contribution in [0.1, 0.15) is 5.56 Å². The number of nitrogen functional groups attached to an aromatic ring is 1. The minimum absolute atomic E-state index is 0.110. The van der Waals surface area contributed by atoms with Gasteiger partial charge in [0.05, 0.1) is 0 Å². The normalized spacial score (nSPS) is 10.2. The SMILES string of the molecule is Nc1ccc(COc2ccccc2O)c(Cl)c1. The highest BCUT2D eigenvalue weighted by molar-refractivity contribution is 6.31. The lowest BCUT2D eigenvalue weighted by molar-refractivity contribution is 0.289. The summed E-state index contributed by atoms with van der Waals surface area (Å²) in [5.74, 6) is 0.541. The molecule has 3 nitrogen and oxygen atoms in total. The maximum atomic E-state index is 9.52. The minimum atomic E-state index is 0.110. The number of benzene rings is 2. The van der Waals surface area contributed by atoms with Crippen LogP contribution in [0.3, 0.4) is 0 Å². The minimum Gasteiger partial charge on any atom is -0.504 e. The summed E-state index contributed by atoms with van der Waals surface area (Å²) in [7, 11) is 0. The van der Waals surface area contributed by atoms with E-state index in [-0.39, 0.29) is 12.4 Å². The highest BCUT2D eigenvalue weighted by atomic mass is 35.5. The Morgan fingerprint density at radius 1 is 1.18 bits per heavy atom. The molecule has 0 fully saturated rings. The van der Waals surface area contributed by atoms with E-state index in [0.29, 0.717) is 16.5 Å². The Morgan fingerprint density at radius 3 is 2.65 bits per heavy atom. The number of phenolic OH excluding ortho intramolecular Hbond substituents is 1. The van der Waals surface area contributed by atoms with Crippen molar-refractivity contribution in [3.63, 3.8) is 0 Å². The number of rotatable bonds is 3. The molecule has 0 saturated carbocycles. The molecule has 0 aromatic heterocycles. The third-order valence-corrected chi connectivity index (χ3v) is 2.68. The van der Waals surface area contributed by atoms with Gasteiger partial charge in [0, 0.05) is 16.3 Å². The van der Waals surface area contributed by atoms with Crippen LogP contribution in [-0.2, 0) is 6.61 Å². The predicted octanol–water partition coefficient (Wildman–Crippen LogP) is 3.21. The molecular weight excluding hydrogens is 238 g/mol. The average Bonchev–Trinajstić information content (AvgIpc) is 2.30. The molecule has 17 heavy (non-hydrogen) atoms. The molecule has 0 bridgehead atoms. The zero-order valence-electron chi connectivity index (χ0n) is 9.06. The van der Waals surface area contributed by atoms with Crippen LogP contribution in [0.2, 0.25) is 5.02 Å². The van der Waals surface area contributed by atoms with E-state index in [9.17, 15) is 5.11 Å². The summed E-state index contributed by atoms with van der Waals surface area (Å²) >= 11 is 6.01. The van der Waals surface area contributed by atoms with Crippen LogP contribution < -0.4 is 10.5 Å². The Hall–Kier alpha value is -1.87. The molecule has 2 aromatic carbocycles. The first kappa shape index (κ1) is 11.6. The third-order valence-electron chi connectivity index (χ3n) is 2.33. The highest BCUT2D eigenvalue weighted by Crippen LogP contribution is 2.27. The van der Waals surface area contributed by atoms with Gasteiger partial charge < -0.3 is 15.6 Å². The van der Waals surface area contributed by atoms with Gasteiger partial charge in [-0.1, -0.05) is 29.8 Å². The Balaban J connectivity index is 2.10. The molecule has 2 aromatic rings. The van der Waals surface area contributed by atoms with Gasteiger partial charge >= 0.3 is 0 Å². The lowest BCUT2D eigenvalue weighted by atomic mass is 10.2.